The van der Waals surface area contributed by atoms with Gasteiger partial charge in [-0.25, -0.2) is 4.39 Å². The van der Waals surface area contributed by atoms with E-state index in [2.05, 4.69) is 10.4 Å². The number of benzene rings is 3. The van der Waals surface area contributed by atoms with Crippen molar-refractivity contribution < 1.29 is 13.9 Å². The third kappa shape index (κ3) is 5.15. The first-order valence-corrected chi connectivity index (χ1v) is 10.4. The number of carbonyl (C=O) groups is 1. The lowest BCUT2D eigenvalue weighted by molar-refractivity contribution is 0.102. The molecule has 0 atom stereocenters. The zero-order chi connectivity index (χ0) is 23.4. The van der Waals surface area contributed by atoms with Crippen LogP contribution in [0.15, 0.2) is 83.7 Å². The number of halogens is 1. The number of aromatic nitrogens is 2. The van der Waals surface area contributed by atoms with Crippen LogP contribution in [0, 0.1) is 19.7 Å². The Morgan fingerprint density at radius 3 is 2.36 bits per heavy atom. The average molecular weight is 443 g/mol. The molecule has 166 valence electrons. The molecule has 7 heteroatoms. The standard InChI is InChI=1S/C26H22FN3O3/c1-17-5-3-6-18(2)25(17)28-26(32)20-9-11-22(12-10-20)30-24(31)14-13-23(29-30)33-16-19-7-4-8-21(27)15-19/h3-15H,16H2,1-2H3,(H,28,32). The van der Waals surface area contributed by atoms with Crippen molar-refractivity contribution in [2.75, 3.05) is 5.32 Å². The van der Waals surface area contributed by atoms with E-state index in [-0.39, 0.29) is 29.8 Å². The molecule has 0 aliphatic carbocycles. The minimum Gasteiger partial charge on any atom is -0.472 e. The van der Waals surface area contributed by atoms with E-state index in [4.69, 9.17) is 4.74 Å². The maximum absolute atomic E-state index is 13.3. The first-order valence-electron chi connectivity index (χ1n) is 10.4. The van der Waals surface area contributed by atoms with Gasteiger partial charge in [-0.2, -0.15) is 4.68 Å². The summed E-state index contributed by atoms with van der Waals surface area (Å²) in [6, 6.07) is 21.2. The molecule has 0 saturated carbocycles. The molecule has 0 spiro atoms. The van der Waals surface area contributed by atoms with Gasteiger partial charge in [0.2, 0.25) is 5.88 Å². The molecule has 4 aromatic rings. The van der Waals surface area contributed by atoms with E-state index >= 15 is 0 Å². The van der Waals surface area contributed by atoms with Crippen molar-refractivity contribution in [1.29, 1.82) is 0 Å². The topological polar surface area (TPSA) is 73.2 Å². The van der Waals surface area contributed by atoms with Gasteiger partial charge in [0.05, 0.1) is 5.69 Å². The van der Waals surface area contributed by atoms with E-state index < -0.39 is 0 Å². The Balaban J connectivity index is 1.50. The molecule has 0 bridgehead atoms. The van der Waals surface area contributed by atoms with Crippen molar-refractivity contribution in [1.82, 2.24) is 9.78 Å². The number of hydrogen-bond acceptors (Lipinski definition) is 4. The molecule has 0 saturated heterocycles. The van der Waals surface area contributed by atoms with Crippen molar-refractivity contribution in [3.8, 4) is 11.6 Å². The van der Waals surface area contributed by atoms with Gasteiger partial charge in [0.25, 0.3) is 11.5 Å². The first kappa shape index (κ1) is 22.0. The van der Waals surface area contributed by atoms with Gasteiger partial charge in [0.15, 0.2) is 0 Å². The van der Waals surface area contributed by atoms with Crippen molar-refractivity contribution in [3.05, 3.63) is 117 Å². The molecule has 0 unspecified atom stereocenters. The lowest BCUT2D eigenvalue weighted by atomic mass is 10.1. The van der Waals surface area contributed by atoms with Crippen LogP contribution in [0.5, 0.6) is 5.88 Å². The van der Waals surface area contributed by atoms with Crippen LogP contribution in [0.25, 0.3) is 5.69 Å². The molecule has 1 heterocycles. The van der Waals surface area contributed by atoms with Crippen LogP contribution in [0.3, 0.4) is 0 Å². The third-order valence-corrected chi connectivity index (χ3v) is 5.15. The predicted molar refractivity (Wildman–Crippen MR) is 124 cm³/mol. The van der Waals surface area contributed by atoms with E-state index in [0.29, 0.717) is 16.8 Å². The highest BCUT2D eigenvalue weighted by atomic mass is 19.1. The van der Waals surface area contributed by atoms with Crippen LogP contribution in [-0.4, -0.2) is 15.7 Å². The zero-order valence-corrected chi connectivity index (χ0v) is 18.2. The quantitative estimate of drug-likeness (QED) is 0.464. The van der Waals surface area contributed by atoms with Gasteiger partial charge in [-0.05, 0) is 66.9 Å². The number of carbonyl (C=O) groups excluding carboxylic acids is 1. The van der Waals surface area contributed by atoms with Crippen molar-refractivity contribution in [3.63, 3.8) is 0 Å². The third-order valence-electron chi connectivity index (χ3n) is 5.15. The fraction of sp³-hybridized carbons (Fsp3) is 0.115. The summed E-state index contributed by atoms with van der Waals surface area (Å²) < 4.78 is 20.1. The molecule has 0 radical (unpaired) electrons. The molecular formula is C26H22FN3O3. The van der Waals surface area contributed by atoms with Crippen LogP contribution in [0.2, 0.25) is 0 Å². The monoisotopic (exact) mass is 443 g/mol. The highest BCUT2D eigenvalue weighted by Gasteiger charge is 2.11. The largest absolute Gasteiger partial charge is 0.472 e. The molecule has 0 aliphatic rings. The molecule has 33 heavy (non-hydrogen) atoms. The van der Waals surface area contributed by atoms with Crippen molar-refractivity contribution in [2.45, 2.75) is 20.5 Å². The Kier molecular flexibility index (Phi) is 6.31. The van der Waals surface area contributed by atoms with Gasteiger partial charge in [-0.1, -0.05) is 30.3 Å². The normalized spacial score (nSPS) is 10.6. The highest BCUT2D eigenvalue weighted by Crippen LogP contribution is 2.20. The molecule has 0 aliphatic heterocycles. The van der Waals surface area contributed by atoms with Crippen molar-refractivity contribution >= 4 is 11.6 Å². The minimum atomic E-state index is -0.351. The molecule has 1 amide bonds. The fourth-order valence-electron chi connectivity index (χ4n) is 3.39. The number of amides is 1. The number of ether oxygens (including phenoxy) is 1. The smallest absolute Gasteiger partial charge is 0.271 e. The van der Waals surface area contributed by atoms with E-state index in [1.165, 1.54) is 28.9 Å². The number of aryl methyl sites for hydroxylation is 2. The second-order valence-corrected chi connectivity index (χ2v) is 7.61. The number of nitrogens with zero attached hydrogens (tertiary/aromatic N) is 2. The molecule has 6 nitrogen and oxygen atoms in total. The number of rotatable bonds is 6. The van der Waals surface area contributed by atoms with E-state index in [1.54, 1.807) is 36.4 Å². The molecule has 1 aromatic heterocycles. The van der Waals surface area contributed by atoms with Gasteiger partial charge in [0, 0.05) is 23.4 Å². The van der Waals surface area contributed by atoms with E-state index in [1.807, 2.05) is 32.0 Å². The second-order valence-electron chi connectivity index (χ2n) is 7.61. The molecular weight excluding hydrogens is 421 g/mol. The van der Waals surface area contributed by atoms with Crippen LogP contribution in [0.1, 0.15) is 27.0 Å². The highest BCUT2D eigenvalue weighted by molar-refractivity contribution is 6.05. The van der Waals surface area contributed by atoms with Gasteiger partial charge in [0.1, 0.15) is 12.4 Å². The maximum atomic E-state index is 13.3. The summed E-state index contributed by atoms with van der Waals surface area (Å²) in [7, 11) is 0. The molecule has 3 aromatic carbocycles. The number of hydrogen-bond donors (Lipinski definition) is 1. The summed E-state index contributed by atoms with van der Waals surface area (Å²) in [5.41, 5.74) is 3.98. The summed E-state index contributed by atoms with van der Waals surface area (Å²) in [6.45, 7) is 3.99. The summed E-state index contributed by atoms with van der Waals surface area (Å²) in [4.78, 5) is 25.0. The number of nitrogens with one attached hydrogen (secondary N) is 1. The fourth-order valence-corrected chi connectivity index (χ4v) is 3.39. The zero-order valence-electron chi connectivity index (χ0n) is 18.2. The van der Waals surface area contributed by atoms with E-state index in [0.717, 1.165) is 16.8 Å². The summed E-state index contributed by atoms with van der Waals surface area (Å²) in [5, 5.41) is 7.17. The maximum Gasteiger partial charge on any atom is 0.271 e. The Hall–Kier alpha value is -4.26. The summed E-state index contributed by atoms with van der Waals surface area (Å²) >= 11 is 0. The Labute approximate surface area is 190 Å². The van der Waals surface area contributed by atoms with Gasteiger partial charge < -0.3 is 10.1 Å². The predicted octanol–water partition coefficient (Wildman–Crippen LogP) is 4.82. The van der Waals surface area contributed by atoms with Crippen molar-refractivity contribution in [2.24, 2.45) is 0 Å². The van der Waals surface area contributed by atoms with Crippen LogP contribution < -0.4 is 15.6 Å². The van der Waals surface area contributed by atoms with Gasteiger partial charge >= 0.3 is 0 Å². The lowest BCUT2D eigenvalue weighted by Gasteiger charge is -2.12. The number of anilines is 1. The molecule has 4 rings (SSSR count). The molecule has 0 fully saturated rings. The summed E-state index contributed by atoms with van der Waals surface area (Å²) in [6.07, 6.45) is 0. The van der Waals surface area contributed by atoms with Crippen LogP contribution >= 0.6 is 0 Å². The molecule has 1 N–H and O–H groups in total. The first-order chi connectivity index (χ1) is 15.9. The Bertz CT molecular complexity index is 1340. The second kappa shape index (κ2) is 9.48. The Morgan fingerprint density at radius 2 is 1.67 bits per heavy atom. The lowest BCUT2D eigenvalue weighted by Crippen LogP contribution is -2.21. The average Bonchev–Trinajstić information content (AvgIpc) is 2.81. The van der Waals surface area contributed by atoms with Gasteiger partial charge in [-0.3, -0.25) is 9.59 Å². The number of para-hydroxylation sites is 1. The van der Waals surface area contributed by atoms with Gasteiger partial charge in [-0.15, -0.1) is 5.10 Å². The summed E-state index contributed by atoms with van der Waals surface area (Å²) in [5.74, 6) is -0.377. The van der Waals surface area contributed by atoms with Crippen LogP contribution in [0.4, 0.5) is 10.1 Å². The van der Waals surface area contributed by atoms with E-state index in [9.17, 15) is 14.0 Å². The van der Waals surface area contributed by atoms with Crippen LogP contribution in [-0.2, 0) is 6.61 Å². The Morgan fingerprint density at radius 1 is 0.970 bits per heavy atom. The minimum absolute atomic E-state index is 0.112. The SMILES string of the molecule is Cc1cccc(C)c1NC(=O)c1ccc(-n2nc(OCc3cccc(F)c3)ccc2=O)cc1.